The molecule has 0 spiro atoms. The van der Waals surface area contributed by atoms with Gasteiger partial charge in [0.1, 0.15) is 10.8 Å². The zero-order valence-corrected chi connectivity index (χ0v) is 15.4. The maximum Gasteiger partial charge on any atom is 0.341 e. The molecule has 0 bridgehead atoms. The van der Waals surface area contributed by atoms with E-state index in [2.05, 4.69) is 10.6 Å². The number of nitrogens with one attached hydrogen (secondary N) is 2. The van der Waals surface area contributed by atoms with Gasteiger partial charge in [-0.1, -0.05) is 6.92 Å². The fourth-order valence-corrected chi connectivity index (χ4v) is 3.74. The predicted molar refractivity (Wildman–Crippen MR) is 102 cm³/mol. The van der Waals surface area contributed by atoms with Gasteiger partial charge in [0, 0.05) is 10.6 Å². The van der Waals surface area contributed by atoms with Crippen molar-refractivity contribution >= 4 is 45.3 Å². The number of thiophene rings is 1. The molecule has 0 saturated carbocycles. The average molecular weight is 364 g/mol. The number of carbonyl (C=O) groups excluding carboxylic acids is 1. The highest BCUT2D eigenvalue weighted by Gasteiger charge is 2.22. The van der Waals surface area contributed by atoms with E-state index in [1.165, 1.54) is 11.3 Å². The molecule has 0 fully saturated rings. The molecule has 7 heteroatoms. The zero-order chi connectivity index (χ0) is 17.7. The molecule has 2 aromatic rings. The van der Waals surface area contributed by atoms with Crippen LogP contribution in [0.2, 0.25) is 0 Å². The van der Waals surface area contributed by atoms with Crippen molar-refractivity contribution in [1.82, 2.24) is 0 Å². The summed E-state index contributed by atoms with van der Waals surface area (Å²) in [7, 11) is 0. The lowest BCUT2D eigenvalue weighted by Gasteiger charge is -2.11. The lowest BCUT2D eigenvalue weighted by Crippen LogP contribution is -2.20. The van der Waals surface area contributed by atoms with Crippen molar-refractivity contribution in [3.05, 3.63) is 40.3 Å². The van der Waals surface area contributed by atoms with Gasteiger partial charge >= 0.3 is 5.97 Å². The Bertz CT molecular complexity index is 739. The van der Waals surface area contributed by atoms with Gasteiger partial charge in [0.2, 0.25) is 0 Å². The van der Waals surface area contributed by atoms with Crippen molar-refractivity contribution in [2.75, 3.05) is 17.2 Å². The van der Waals surface area contributed by atoms with Gasteiger partial charge in [-0.25, -0.2) is 4.79 Å². The summed E-state index contributed by atoms with van der Waals surface area (Å²) in [6, 6.07) is 6.57. The van der Waals surface area contributed by atoms with Crippen LogP contribution in [-0.4, -0.2) is 22.8 Å². The first kappa shape index (κ1) is 18.2. The second-order valence-electron chi connectivity index (χ2n) is 5.04. The number of esters is 1. The van der Waals surface area contributed by atoms with Crippen LogP contribution in [0.3, 0.4) is 0 Å². The summed E-state index contributed by atoms with van der Waals surface area (Å²) in [6.45, 7) is 6.10. The van der Waals surface area contributed by atoms with E-state index in [4.69, 9.17) is 17.0 Å². The fraction of sp³-hybridized carbons (Fsp3) is 0.294. The predicted octanol–water partition coefficient (Wildman–Crippen LogP) is 4.31. The van der Waals surface area contributed by atoms with Gasteiger partial charge in [-0.3, -0.25) is 0 Å². The van der Waals surface area contributed by atoms with Crippen LogP contribution in [0.5, 0.6) is 5.75 Å². The number of carbonyl (C=O) groups is 1. The quantitative estimate of drug-likeness (QED) is 0.417. The topological polar surface area (TPSA) is 70.6 Å². The monoisotopic (exact) mass is 364 g/mol. The van der Waals surface area contributed by atoms with Crippen LogP contribution in [0, 0.1) is 6.92 Å². The van der Waals surface area contributed by atoms with Crippen LogP contribution >= 0.6 is 23.6 Å². The number of anilines is 2. The minimum Gasteiger partial charge on any atom is -0.508 e. The van der Waals surface area contributed by atoms with Crippen LogP contribution in [0.15, 0.2) is 24.3 Å². The standard InChI is InChI=1S/C17H20N2O3S2/c1-4-13-10(3)24-15(14(13)16(21)22-5-2)19-17(23)18-11-6-8-12(20)9-7-11/h6-9,20H,4-5H2,1-3H3,(H2,18,19,23). The van der Waals surface area contributed by atoms with E-state index < -0.39 is 0 Å². The van der Waals surface area contributed by atoms with E-state index in [9.17, 15) is 9.90 Å². The van der Waals surface area contributed by atoms with Gasteiger partial charge in [0.25, 0.3) is 0 Å². The zero-order valence-electron chi connectivity index (χ0n) is 13.8. The first-order valence-electron chi connectivity index (χ1n) is 7.62. The Balaban J connectivity index is 2.20. The molecular formula is C17H20N2O3S2. The second-order valence-corrected chi connectivity index (χ2v) is 6.67. The largest absolute Gasteiger partial charge is 0.508 e. The van der Waals surface area contributed by atoms with Crippen LogP contribution in [0.1, 0.15) is 34.6 Å². The van der Waals surface area contributed by atoms with Gasteiger partial charge in [-0.15, -0.1) is 11.3 Å². The Morgan fingerprint density at radius 1 is 1.25 bits per heavy atom. The summed E-state index contributed by atoms with van der Waals surface area (Å²) in [6.07, 6.45) is 0.746. The Labute approximate surface area is 150 Å². The smallest absolute Gasteiger partial charge is 0.341 e. The molecule has 0 aliphatic heterocycles. The molecule has 0 aliphatic rings. The third-order valence-corrected chi connectivity index (χ3v) is 4.66. The third kappa shape index (κ3) is 4.24. The minimum atomic E-state index is -0.339. The second kappa shape index (κ2) is 8.12. The van der Waals surface area contributed by atoms with Gasteiger partial charge in [-0.2, -0.15) is 0 Å². The van der Waals surface area contributed by atoms with Gasteiger partial charge in [-0.05, 0) is 62.3 Å². The molecule has 0 radical (unpaired) electrons. The molecule has 5 nitrogen and oxygen atoms in total. The van der Waals surface area contributed by atoms with Crippen LogP contribution in [-0.2, 0) is 11.2 Å². The van der Waals surface area contributed by atoms with Crippen LogP contribution in [0.4, 0.5) is 10.7 Å². The molecule has 1 aromatic carbocycles. The van der Waals surface area contributed by atoms with E-state index in [1.54, 1.807) is 31.2 Å². The maximum absolute atomic E-state index is 12.3. The van der Waals surface area contributed by atoms with E-state index >= 15 is 0 Å². The van der Waals surface area contributed by atoms with Crippen molar-refractivity contribution in [2.24, 2.45) is 0 Å². The summed E-state index contributed by atoms with van der Waals surface area (Å²) in [5.74, 6) is -0.154. The highest BCUT2D eigenvalue weighted by molar-refractivity contribution is 7.80. The van der Waals surface area contributed by atoms with Crippen LogP contribution < -0.4 is 10.6 Å². The lowest BCUT2D eigenvalue weighted by molar-refractivity contribution is 0.0527. The van der Waals surface area contributed by atoms with Crippen molar-refractivity contribution in [3.8, 4) is 5.75 Å². The number of phenolic OH excluding ortho intramolecular Hbond substituents is 1. The molecule has 1 aromatic heterocycles. The Kier molecular flexibility index (Phi) is 6.16. The highest BCUT2D eigenvalue weighted by atomic mass is 32.1. The van der Waals surface area contributed by atoms with Crippen LogP contribution in [0.25, 0.3) is 0 Å². The number of aryl methyl sites for hydroxylation is 1. The Morgan fingerprint density at radius 2 is 1.92 bits per heavy atom. The van der Waals surface area contributed by atoms with E-state index in [0.29, 0.717) is 22.3 Å². The Morgan fingerprint density at radius 3 is 2.50 bits per heavy atom. The lowest BCUT2D eigenvalue weighted by atomic mass is 10.1. The maximum atomic E-state index is 12.3. The molecular weight excluding hydrogens is 344 g/mol. The number of benzene rings is 1. The number of thiocarbonyl (C=S) groups is 1. The van der Waals surface area contributed by atoms with E-state index in [0.717, 1.165) is 22.5 Å². The molecule has 0 unspecified atom stereocenters. The number of rotatable bonds is 5. The summed E-state index contributed by atoms with van der Waals surface area (Å²) >= 11 is 6.80. The first-order chi connectivity index (χ1) is 11.5. The first-order valence-corrected chi connectivity index (χ1v) is 8.85. The van der Waals surface area contributed by atoms with Gasteiger partial charge in [0.05, 0.1) is 12.2 Å². The SMILES string of the molecule is CCOC(=O)c1c(NC(=S)Nc2ccc(O)cc2)sc(C)c1CC. The molecule has 24 heavy (non-hydrogen) atoms. The summed E-state index contributed by atoms with van der Waals surface area (Å²) in [4.78, 5) is 13.4. The summed E-state index contributed by atoms with van der Waals surface area (Å²) in [5.41, 5.74) is 2.28. The number of aromatic hydroxyl groups is 1. The molecule has 2 rings (SSSR count). The van der Waals surface area contributed by atoms with Crippen molar-refractivity contribution in [2.45, 2.75) is 27.2 Å². The van der Waals surface area contributed by atoms with E-state index in [1.807, 2.05) is 13.8 Å². The summed E-state index contributed by atoms with van der Waals surface area (Å²) < 4.78 is 5.17. The Hall–Kier alpha value is -2.12. The summed E-state index contributed by atoms with van der Waals surface area (Å²) in [5, 5.41) is 16.5. The number of hydrogen-bond acceptors (Lipinski definition) is 5. The van der Waals surface area contributed by atoms with Crippen molar-refractivity contribution in [1.29, 1.82) is 0 Å². The normalized spacial score (nSPS) is 10.3. The number of hydrogen-bond donors (Lipinski definition) is 3. The molecule has 128 valence electrons. The highest BCUT2D eigenvalue weighted by Crippen LogP contribution is 2.34. The van der Waals surface area contributed by atoms with Crippen molar-refractivity contribution < 1.29 is 14.6 Å². The molecule has 3 N–H and O–H groups in total. The van der Waals surface area contributed by atoms with Gasteiger partial charge < -0.3 is 20.5 Å². The van der Waals surface area contributed by atoms with Crippen molar-refractivity contribution in [3.63, 3.8) is 0 Å². The fourth-order valence-electron chi connectivity index (χ4n) is 2.32. The number of ether oxygens (including phenoxy) is 1. The molecule has 0 aliphatic carbocycles. The van der Waals surface area contributed by atoms with Gasteiger partial charge in [0.15, 0.2) is 5.11 Å². The molecule has 1 heterocycles. The minimum absolute atomic E-state index is 0.186. The molecule has 0 amide bonds. The third-order valence-electron chi connectivity index (χ3n) is 3.39. The van der Waals surface area contributed by atoms with E-state index in [-0.39, 0.29) is 11.7 Å². The molecule has 0 saturated heterocycles. The number of phenols is 1. The molecule has 0 atom stereocenters. The average Bonchev–Trinajstić information content (AvgIpc) is 2.85.